The molecule has 3 nitrogen and oxygen atoms in total. The van der Waals surface area contributed by atoms with Crippen molar-refractivity contribution in [3.8, 4) is 5.69 Å². The average molecular weight is 778 g/mol. The van der Waals surface area contributed by atoms with Crippen molar-refractivity contribution < 1.29 is 4.39 Å². The van der Waals surface area contributed by atoms with Crippen molar-refractivity contribution in [1.82, 2.24) is 4.57 Å². The van der Waals surface area contributed by atoms with E-state index in [0.717, 1.165) is 50.9 Å². The topological polar surface area (TPSA) is 11.4 Å². The second-order valence-electron chi connectivity index (χ2n) is 18.0. The molecule has 0 atom stereocenters. The fourth-order valence-corrected chi connectivity index (χ4v) is 10.1. The van der Waals surface area contributed by atoms with Gasteiger partial charge in [-0.3, -0.25) is 0 Å². The van der Waals surface area contributed by atoms with E-state index in [4.69, 9.17) is 0 Å². The molecule has 0 saturated heterocycles. The Balaban J connectivity index is 1.23. The lowest BCUT2D eigenvalue weighted by atomic mass is 9.30. The predicted molar refractivity (Wildman–Crippen MR) is 252 cm³/mol. The molecule has 0 unspecified atom stereocenters. The smallest absolute Gasteiger partial charge is 0.247 e. The number of nitrogens with zero attached hydrogens (tertiary/aromatic N) is 3. The summed E-state index contributed by atoms with van der Waals surface area (Å²) in [4.78, 5) is 4.63. The highest BCUT2D eigenvalue weighted by molar-refractivity contribution is 6.99. The highest BCUT2D eigenvalue weighted by Gasteiger charge is 2.47. The molecule has 0 fully saturated rings. The number of para-hydroxylation sites is 4. The van der Waals surface area contributed by atoms with Crippen LogP contribution in [0.15, 0.2) is 182 Å². The van der Waals surface area contributed by atoms with Gasteiger partial charge in [0.05, 0.1) is 11.0 Å². The van der Waals surface area contributed by atoms with Gasteiger partial charge in [0.1, 0.15) is 5.82 Å². The summed E-state index contributed by atoms with van der Waals surface area (Å²) in [6.07, 6.45) is 0. The third-order valence-corrected chi connectivity index (χ3v) is 13.0. The molecule has 2 aliphatic rings. The largest absolute Gasteiger partial charge is 0.311 e. The van der Waals surface area contributed by atoms with Crippen LogP contribution in [-0.4, -0.2) is 11.3 Å². The first kappa shape index (κ1) is 36.3. The maximum Gasteiger partial charge on any atom is 0.247 e. The van der Waals surface area contributed by atoms with Gasteiger partial charge < -0.3 is 14.4 Å². The van der Waals surface area contributed by atoms with Gasteiger partial charge in [0.15, 0.2) is 0 Å². The molecular formula is C55H45BFN3. The minimum atomic E-state index is -0.512. The van der Waals surface area contributed by atoms with Gasteiger partial charge in [-0.15, -0.1) is 0 Å². The van der Waals surface area contributed by atoms with Gasteiger partial charge >= 0.3 is 0 Å². The second kappa shape index (κ2) is 13.3. The van der Waals surface area contributed by atoms with Crippen molar-refractivity contribution in [2.75, 3.05) is 9.80 Å². The van der Waals surface area contributed by atoms with Gasteiger partial charge in [0.25, 0.3) is 0 Å². The van der Waals surface area contributed by atoms with Gasteiger partial charge in [0, 0.05) is 56.0 Å². The maximum absolute atomic E-state index is 16.5. The fourth-order valence-electron chi connectivity index (χ4n) is 10.1. The summed E-state index contributed by atoms with van der Waals surface area (Å²) in [5.74, 6) is -0.232. The Bertz CT molecular complexity index is 3070. The van der Waals surface area contributed by atoms with Gasteiger partial charge in [0.2, 0.25) is 6.71 Å². The van der Waals surface area contributed by atoms with Gasteiger partial charge in [-0.05, 0) is 124 Å². The number of aromatic nitrogens is 1. The third-order valence-electron chi connectivity index (χ3n) is 13.0. The lowest BCUT2D eigenvalue weighted by molar-refractivity contribution is 0.591. The molecule has 2 aliphatic heterocycles. The van der Waals surface area contributed by atoms with E-state index in [-0.39, 0.29) is 17.9 Å². The first-order valence-corrected chi connectivity index (χ1v) is 21.0. The van der Waals surface area contributed by atoms with Crippen molar-refractivity contribution in [3.05, 3.63) is 204 Å². The maximum atomic E-state index is 16.5. The zero-order valence-electron chi connectivity index (χ0n) is 34.6. The normalized spacial score (nSPS) is 13.9. The molecule has 0 N–H and O–H groups in total. The quantitative estimate of drug-likeness (QED) is 0.161. The Labute approximate surface area is 352 Å². The summed E-state index contributed by atoms with van der Waals surface area (Å²) in [5.41, 5.74) is 16.2. The molecule has 290 valence electrons. The van der Waals surface area contributed by atoms with Crippen molar-refractivity contribution in [3.63, 3.8) is 0 Å². The molecule has 0 bridgehead atoms. The van der Waals surface area contributed by atoms with Crippen LogP contribution in [0, 0.1) is 5.82 Å². The third kappa shape index (κ3) is 5.49. The Morgan fingerprint density at radius 3 is 1.75 bits per heavy atom. The van der Waals surface area contributed by atoms with E-state index in [1.807, 2.05) is 6.07 Å². The summed E-state index contributed by atoms with van der Waals surface area (Å²) < 4.78 is 18.9. The van der Waals surface area contributed by atoms with E-state index in [9.17, 15) is 0 Å². The van der Waals surface area contributed by atoms with Crippen LogP contribution >= 0.6 is 0 Å². The lowest BCUT2D eigenvalue weighted by Gasteiger charge is -2.45. The molecule has 9 aromatic rings. The predicted octanol–water partition coefficient (Wildman–Crippen LogP) is 12.6. The van der Waals surface area contributed by atoms with E-state index in [1.165, 1.54) is 43.8 Å². The van der Waals surface area contributed by atoms with Crippen LogP contribution in [0.3, 0.4) is 0 Å². The monoisotopic (exact) mass is 777 g/mol. The molecule has 11 rings (SSSR count). The van der Waals surface area contributed by atoms with E-state index in [1.54, 1.807) is 12.1 Å². The van der Waals surface area contributed by atoms with Gasteiger partial charge in [-0.25, -0.2) is 4.39 Å². The zero-order valence-corrected chi connectivity index (χ0v) is 34.6. The van der Waals surface area contributed by atoms with Crippen LogP contribution in [0.4, 0.5) is 38.5 Å². The number of anilines is 6. The molecule has 8 aromatic carbocycles. The van der Waals surface area contributed by atoms with Crippen LogP contribution in [0.5, 0.6) is 0 Å². The van der Waals surface area contributed by atoms with E-state index >= 15 is 4.39 Å². The highest BCUT2D eigenvalue weighted by Crippen LogP contribution is 2.46. The molecule has 0 aliphatic carbocycles. The Hall–Kier alpha value is -6.85. The van der Waals surface area contributed by atoms with Crippen LogP contribution < -0.4 is 26.2 Å². The Morgan fingerprint density at radius 2 is 1.12 bits per heavy atom. The number of rotatable bonds is 5. The molecule has 5 heteroatoms. The van der Waals surface area contributed by atoms with E-state index < -0.39 is 5.41 Å². The molecule has 0 saturated carbocycles. The Kier molecular flexibility index (Phi) is 8.06. The summed E-state index contributed by atoms with van der Waals surface area (Å²) in [5, 5.41) is 2.44. The first-order chi connectivity index (χ1) is 29.1. The van der Waals surface area contributed by atoms with Crippen molar-refractivity contribution >= 4 is 79.0 Å². The standard InChI is InChI=1S/C55H45BFN3/c1-54(2,3)36-26-29-49-43(30-36)44-34-48-51(35-50(44)59(49)40-22-14-8-15-23-40)60(41-24-16-9-17-25-41)52-32-37(57)31-46-53(52)56(48)47-28-27-42(33-45(47)55(46,4)5)58(38-18-10-6-11-19-38)39-20-12-7-13-21-39/h6-35H,1-5H3. The van der Waals surface area contributed by atoms with Gasteiger partial charge in [-0.2, -0.15) is 0 Å². The molecule has 1 aromatic heterocycles. The molecule has 3 heterocycles. The summed E-state index contributed by atoms with van der Waals surface area (Å²) in [7, 11) is 0. The van der Waals surface area contributed by atoms with Crippen molar-refractivity contribution in [2.24, 2.45) is 0 Å². The van der Waals surface area contributed by atoms with Gasteiger partial charge in [-0.1, -0.05) is 131 Å². The number of benzene rings is 8. The fraction of sp³-hybridized carbons (Fsp3) is 0.127. The van der Waals surface area contributed by atoms with Crippen LogP contribution in [0.2, 0.25) is 0 Å². The van der Waals surface area contributed by atoms with E-state index in [2.05, 4.69) is 213 Å². The Morgan fingerprint density at radius 1 is 0.517 bits per heavy atom. The number of fused-ring (bicyclic) bond motifs is 7. The van der Waals surface area contributed by atoms with Crippen LogP contribution in [0.1, 0.15) is 51.3 Å². The average Bonchev–Trinajstić information content (AvgIpc) is 3.58. The SMILES string of the molecule is CC(C)(C)c1ccc2c(c1)c1cc3c(cc1n2-c1ccccc1)N(c1ccccc1)c1cc(F)cc2c1B3c1ccc(N(c3ccccc3)c3ccccc3)cc1C2(C)C. The lowest BCUT2D eigenvalue weighted by Crippen LogP contribution is -2.64. The first-order valence-electron chi connectivity index (χ1n) is 21.0. The number of hydrogen-bond donors (Lipinski definition) is 0. The minimum absolute atomic E-state index is 0.0232. The van der Waals surface area contributed by atoms with Crippen molar-refractivity contribution in [2.45, 2.75) is 45.4 Å². The number of hydrogen-bond acceptors (Lipinski definition) is 2. The summed E-state index contributed by atoms with van der Waals surface area (Å²) in [6.45, 7) is 11.3. The summed E-state index contributed by atoms with van der Waals surface area (Å²) in [6, 6.07) is 64.6. The molecule has 0 radical (unpaired) electrons. The van der Waals surface area contributed by atoms with Crippen LogP contribution in [0.25, 0.3) is 27.5 Å². The molecule has 60 heavy (non-hydrogen) atoms. The second-order valence-corrected chi connectivity index (χ2v) is 18.0. The number of halogens is 1. The minimum Gasteiger partial charge on any atom is -0.311 e. The molecule has 0 amide bonds. The molecule has 0 spiro atoms. The zero-order chi connectivity index (χ0) is 40.9. The van der Waals surface area contributed by atoms with Crippen LogP contribution in [-0.2, 0) is 10.8 Å². The summed E-state index contributed by atoms with van der Waals surface area (Å²) >= 11 is 0. The molecular weight excluding hydrogens is 732 g/mol. The van der Waals surface area contributed by atoms with Crippen molar-refractivity contribution in [1.29, 1.82) is 0 Å². The van der Waals surface area contributed by atoms with E-state index in [0.29, 0.717) is 0 Å². The highest BCUT2D eigenvalue weighted by atomic mass is 19.1.